The predicted octanol–water partition coefficient (Wildman–Crippen LogP) is 6.02. The van der Waals surface area contributed by atoms with Gasteiger partial charge in [0.15, 0.2) is 11.5 Å². The molecular weight excluding hydrogens is 448 g/mol. The number of hydrogen-bond acceptors (Lipinski definition) is 3. The molecule has 136 valence electrons. The van der Waals surface area contributed by atoms with Gasteiger partial charge in [0.2, 0.25) is 0 Å². The molecule has 2 aromatic carbocycles. The third-order valence-electron chi connectivity index (χ3n) is 3.83. The van der Waals surface area contributed by atoms with Gasteiger partial charge in [-0.25, -0.2) is 0 Å². The Hall–Kier alpha value is -0.650. The molecule has 0 amide bonds. The fraction of sp³-hybridized carbons (Fsp3) is 0.333. The Morgan fingerprint density at radius 2 is 1.88 bits per heavy atom. The van der Waals surface area contributed by atoms with Gasteiger partial charge in [0, 0.05) is 12.6 Å². The number of hydrogen-bond donors (Lipinski definition) is 1. The molecule has 7 heteroatoms. The molecule has 0 aromatic heterocycles. The number of ether oxygens (including phenoxy) is 2. The predicted molar refractivity (Wildman–Crippen MR) is 109 cm³/mol. The van der Waals surface area contributed by atoms with Crippen LogP contribution in [-0.2, 0) is 13.2 Å². The van der Waals surface area contributed by atoms with Crippen molar-refractivity contribution in [2.75, 3.05) is 7.11 Å². The quantitative estimate of drug-likeness (QED) is 0.540. The standard InChI is InChI=1S/C18H18BrCl2NO2.ClH/c1-23-17-8-12(9-22-13-3-4-13)6-14(19)18(17)24-10-11-2-5-15(20)16(21)7-11;/h2,5-8,13,22H,3-4,9-10H2,1H3;1H. The van der Waals surface area contributed by atoms with Crippen LogP contribution in [0.1, 0.15) is 24.0 Å². The molecule has 0 unspecified atom stereocenters. The van der Waals surface area contributed by atoms with E-state index in [2.05, 4.69) is 27.3 Å². The normalized spacial score (nSPS) is 13.3. The van der Waals surface area contributed by atoms with E-state index in [1.165, 1.54) is 12.8 Å². The zero-order valence-corrected chi connectivity index (χ0v) is 17.6. The molecule has 1 fully saturated rings. The smallest absolute Gasteiger partial charge is 0.175 e. The summed E-state index contributed by atoms with van der Waals surface area (Å²) >= 11 is 15.6. The second kappa shape index (κ2) is 9.33. The van der Waals surface area contributed by atoms with E-state index < -0.39 is 0 Å². The van der Waals surface area contributed by atoms with Crippen LogP contribution in [0.2, 0.25) is 10.0 Å². The van der Waals surface area contributed by atoms with E-state index >= 15 is 0 Å². The molecule has 0 heterocycles. The minimum Gasteiger partial charge on any atom is -0.493 e. The molecule has 0 spiro atoms. The van der Waals surface area contributed by atoms with Crippen LogP contribution in [0.15, 0.2) is 34.8 Å². The summed E-state index contributed by atoms with van der Waals surface area (Å²) in [5, 5.41) is 4.55. The van der Waals surface area contributed by atoms with Crippen LogP contribution >= 0.6 is 51.5 Å². The highest BCUT2D eigenvalue weighted by molar-refractivity contribution is 9.10. The van der Waals surface area contributed by atoms with Gasteiger partial charge in [-0.15, -0.1) is 12.4 Å². The largest absolute Gasteiger partial charge is 0.493 e. The monoisotopic (exact) mass is 465 g/mol. The van der Waals surface area contributed by atoms with Crippen molar-refractivity contribution in [2.24, 2.45) is 0 Å². The first-order valence-corrected chi connectivity index (χ1v) is 9.28. The van der Waals surface area contributed by atoms with Crippen molar-refractivity contribution in [2.45, 2.75) is 32.0 Å². The maximum atomic E-state index is 6.04. The Labute approximate surface area is 172 Å². The van der Waals surface area contributed by atoms with Gasteiger partial charge in [-0.1, -0.05) is 29.3 Å². The summed E-state index contributed by atoms with van der Waals surface area (Å²) in [5.74, 6) is 1.38. The van der Waals surface area contributed by atoms with Gasteiger partial charge < -0.3 is 14.8 Å². The summed E-state index contributed by atoms with van der Waals surface area (Å²) in [6, 6.07) is 10.2. The molecule has 0 aliphatic heterocycles. The Kier molecular flexibility index (Phi) is 7.71. The molecule has 0 saturated heterocycles. The van der Waals surface area contributed by atoms with Crippen LogP contribution in [0, 0.1) is 0 Å². The van der Waals surface area contributed by atoms with Crippen molar-refractivity contribution in [3.8, 4) is 11.5 Å². The first-order valence-electron chi connectivity index (χ1n) is 7.73. The van der Waals surface area contributed by atoms with Gasteiger partial charge in [-0.05, 0) is 64.2 Å². The van der Waals surface area contributed by atoms with Crippen molar-refractivity contribution in [1.29, 1.82) is 0 Å². The lowest BCUT2D eigenvalue weighted by Crippen LogP contribution is -2.15. The average molecular weight is 468 g/mol. The van der Waals surface area contributed by atoms with Crippen molar-refractivity contribution in [3.05, 3.63) is 56.0 Å². The fourth-order valence-corrected chi connectivity index (χ4v) is 3.27. The fourth-order valence-electron chi connectivity index (χ4n) is 2.35. The molecular formula is C18H19BrCl3NO2. The third kappa shape index (κ3) is 5.66. The van der Waals surface area contributed by atoms with Crippen molar-refractivity contribution < 1.29 is 9.47 Å². The van der Waals surface area contributed by atoms with Crippen molar-refractivity contribution in [1.82, 2.24) is 5.32 Å². The number of halogens is 4. The molecule has 0 bridgehead atoms. The Morgan fingerprint density at radius 3 is 2.52 bits per heavy atom. The zero-order valence-electron chi connectivity index (χ0n) is 13.7. The van der Waals surface area contributed by atoms with E-state index in [1.807, 2.05) is 12.1 Å². The second-order valence-corrected chi connectivity index (χ2v) is 7.47. The summed E-state index contributed by atoms with van der Waals surface area (Å²) in [7, 11) is 1.64. The van der Waals surface area contributed by atoms with Crippen LogP contribution < -0.4 is 14.8 Å². The summed E-state index contributed by atoms with van der Waals surface area (Å²) < 4.78 is 12.3. The van der Waals surface area contributed by atoms with Crippen molar-refractivity contribution in [3.63, 3.8) is 0 Å². The Bertz CT molecular complexity index is 739. The van der Waals surface area contributed by atoms with Crippen LogP contribution in [0.3, 0.4) is 0 Å². The summed E-state index contributed by atoms with van der Waals surface area (Å²) in [5.41, 5.74) is 2.10. The van der Waals surface area contributed by atoms with Gasteiger partial charge in [-0.2, -0.15) is 0 Å². The first kappa shape index (κ1) is 20.7. The SMILES string of the molecule is COc1cc(CNC2CC2)cc(Br)c1OCc1ccc(Cl)c(Cl)c1.Cl. The van der Waals surface area contributed by atoms with Crippen LogP contribution in [0.4, 0.5) is 0 Å². The maximum absolute atomic E-state index is 6.04. The van der Waals surface area contributed by atoms with E-state index in [0.29, 0.717) is 34.2 Å². The van der Waals surface area contributed by atoms with Crippen molar-refractivity contribution >= 4 is 51.5 Å². The van der Waals surface area contributed by atoms with Crippen LogP contribution in [0.25, 0.3) is 0 Å². The highest BCUT2D eigenvalue weighted by atomic mass is 79.9. The lowest BCUT2D eigenvalue weighted by molar-refractivity contribution is 0.282. The topological polar surface area (TPSA) is 30.5 Å². The summed E-state index contributed by atoms with van der Waals surface area (Å²) in [6.45, 7) is 1.21. The molecule has 0 atom stereocenters. The van der Waals surface area contributed by atoms with Gasteiger partial charge in [0.25, 0.3) is 0 Å². The molecule has 3 nitrogen and oxygen atoms in total. The van der Waals surface area contributed by atoms with E-state index in [1.54, 1.807) is 19.2 Å². The van der Waals surface area contributed by atoms with Gasteiger partial charge in [-0.3, -0.25) is 0 Å². The van der Waals surface area contributed by atoms with E-state index in [4.69, 9.17) is 32.7 Å². The lowest BCUT2D eigenvalue weighted by Gasteiger charge is -2.15. The summed E-state index contributed by atoms with van der Waals surface area (Å²) in [4.78, 5) is 0. The zero-order chi connectivity index (χ0) is 17.1. The number of rotatable bonds is 7. The molecule has 3 rings (SSSR count). The minimum atomic E-state index is 0. The molecule has 1 aliphatic rings. The molecule has 1 saturated carbocycles. The van der Waals surface area contributed by atoms with Crippen LogP contribution in [0.5, 0.6) is 11.5 Å². The van der Waals surface area contributed by atoms with Gasteiger partial charge >= 0.3 is 0 Å². The maximum Gasteiger partial charge on any atom is 0.175 e. The Balaban J connectivity index is 0.00000225. The van der Waals surface area contributed by atoms with Gasteiger partial charge in [0.1, 0.15) is 6.61 Å². The van der Waals surface area contributed by atoms with E-state index in [-0.39, 0.29) is 12.4 Å². The van der Waals surface area contributed by atoms with E-state index in [9.17, 15) is 0 Å². The lowest BCUT2D eigenvalue weighted by atomic mass is 10.2. The second-order valence-electron chi connectivity index (χ2n) is 5.80. The number of methoxy groups -OCH3 is 1. The molecule has 0 radical (unpaired) electrons. The molecule has 25 heavy (non-hydrogen) atoms. The third-order valence-corrected chi connectivity index (χ3v) is 5.16. The first-order chi connectivity index (χ1) is 11.6. The summed E-state index contributed by atoms with van der Waals surface area (Å²) in [6.07, 6.45) is 2.53. The number of nitrogens with one attached hydrogen (secondary N) is 1. The Morgan fingerprint density at radius 1 is 1.12 bits per heavy atom. The van der Waals surface area contributed by atoms with E-state index in [0.717, 1.165) is 22.1 Å². The molecule has 1 aliphatic carbocycles. The molecule has 1 N–H and O–H groups in total. The van der Waals surface area contributed by atoms with Gasteiger partial charge in [0.05, 0.1) is 21.6 Å². The highest BCUT2D eigenvalue weighted by Gasteiger charge is 2.20. The van der Waals surface area contributed by atoms with Crippen LogP contribution in [-0.4, -0.2) is 13.2 Å². The minimum absolute atomic E-state index is 0. The highest BCUT2D eigenvalue weighted by Crippen LogP contribution is 2.37. The molecule has 2 aromatic rings. The number of benzene rings is 2. The average Bonchev–Trinajstić information content (AvgIpc) is 3.39.